The van der Waals surface area contributed by atoms with Crippen molar-refractivity contribution in [3.05, 3.63) is 100 Å². The number of carbonyl (C=O) groups excluding carboxylic acids is 2. The molecule has 2 amide bonds. The Hall–Kier alpha value is -3.01. The molecule has 0 saturated carbocycles. The lowest BCUT2D eigenvalue weighted by atomic mass is 9.90. The highest BCUT2D eigenvalue weighted by Gasteiger charge is 2.58. The lowest BCUT2D eigenvalue weighted by Crippen LogP contribution is -2.50. The van der Waals surface area contributed by atoms with E-state index in [1.54, 1.807) is 60.7 Å². The number of carbonyl (C=O) groups is 2. The van der Waals surface area contributed by atoms with Crippen LogP contribution in [0.1, 0.15) is 34.7 Å². The molecule has 1 fully saturated rings. The topological polar surface area (TPSA) is 69.6 Å². The van der Waals surface area contributed by atoms with E-state index in [4.69, 9.17) is 11.6 Å². The summed E-state index contributed by atoms with van der Waals surface area (Å²) >= 11 is 7.46. The fourth-order valence-corrected chi connectivity index (χ4v) is 6.18. The maximum absolute atomic E-state index is 13.7. The molecule has 10 heteroatoms. The van der Waals surface area contributed by atoms with E-state index in [1.165, 1.54) is 4.90 Å². The van der Waals surface area contributed by atoms with Gasteiger partial charge in [-0.3, -0.25) is 9.59 Å². The molecule has 3 aromatic carbocycles. The van der Waals surface area contributed by atoms with Gasteiger partial charge in [0.05, 0.1) is 19.1 Å². The van der Waals surface area contributed by atoms with Crippen LogP contribution in [0, 0.1) is 6.92 Å². The molecule has 1 aliphatic heterocycles. The first-order valence-electron chi connectivity index (χ1n) is 11.9. The third-order valence-electron chi connectivity index (χ3n) is 6.42. The number of rotatable bonds is 8. The van der Waals surface area contributed by atoms with Gasteiger partial charge in [-0.25, -0.2) is 0 Å². The van der Waals surface area contributed by atoms with Gasteiger partial charge >= 0.3 is 6.18 Å². The van der Waals surface area contributed by atoms with Crippen LogP contribution in [-0.4, -0.2) is 39.3 Å². The fourth-order valence-electron chi connectivity index (χ4n) is 4.55. The van der Waals surface area contributed by atoms with Gasteiger partial charge in [0.1, 0.15) is 11.3 Å². The molecule has 2 atom stereocenters. The Morgan fingerprint density at radius 2 is 1.76 bits per heavy atom. The molecule has 0 unspecified atom stereocenters. The van der Waals surface area contributed by atoms with Crippen molar-refractivity contribution in [2.45, 2.75) is 48.4 Å². The van der Waals surface area contributed by atoms with Crippen LogP contribution < -0.4 is 5.32 Å². The second kappa shape index (κ2) is 11.4. The number of aliphatic hydroxyl groups is 1. The molecule has 4 rings (SSSR count). The largest absolute Gasteiger partial charge is 0.405 e. The predicted octanol–water partition coefficient (Wildman–Crippen LogP) is 5.82. The van der Waals surface area contributed by atoms with E-state index in [-0.39, 0.29) is 25.5 Å². The van der Waals surface area contributed by atoms with Crippen molar-refractivity contribution in [3.8, 4) is 0 Å². The molecular formula is C28H26ClF3N2O3S. The van der Waals surface area contributed by atoms with Crippen LogP contribution >= 0.6 is 23.4 Å². The minimum Gasteiger partial charge on any atom is -0.392 e. The SMILES string of the molecule is Cc1ccc(S[C@]2(C(=O)NCC(F)(F)F)CC(=O)N(Cc3ccccc3Cl)[C@@H]2c2ccc(CO)cc2)cc1. The summed E-state index contributed by atoms with van der Waals surface area (Å²) in [6, 6.07) is 20.0. The van der Waals surface area contributed by atoms with Gasteiger partial charge in [-0.1, -0.05) is 71.8 Å². The monoisotopic (exact) mass is 562 g/mol. The lowest BCUT2D eigenvalue weighted by molar-refractivity contribution is -0.140. The summed E-state index contributed by atoms with van der Waals surface area (Å²) in [7, 11) is 0. The number of hydrogen-bond acceptors (Lipinski definition) is 4. The first kappa shape index (κ1) is 28.0. The van der Waals surface area contributed by atoms with E-state index in [1.807, 2.05) is 24.4 Å². The summed E-state index contributed by atoms with van der Waals surface area (Å²) in [4.78, 5) is 29.5. The van der Waals surface area contributed by atoms with Crippen molar-refractivity contribution in [3.63, 3.8) is 0 Å². The molecule has 200 valence electrons. The number of halogens is 4. The van der Waals surface area contributed by atoms with Gasteiger partial charge in [-0.2, -0.15) is 13.2 Å². The zero-order valence-corrected chi connectivity index (χ0v) is 22.0. The second-order valence-corrected chi connectivity index (χ2v) is 11.0. The summed E-state index contributed by atoms with van der Waals surface area (Å²) in [5.74, 6) is -1.27. The summed E-state index contributed by atoms with van der Waals surface area (Å²) in [6.07, 6.45) is -4.93. The molecule has 1 saturated heterocycles. The van der Waals surface area contributed by atoms with Gasteiger partial charge in [-0.15, -0.1) is 11.8 Å². The van der Waals surface area contributed by atoms with Crippen LogP contribution in [0.5, 0.6) is 0 Å². The molecule has 1 heterocycles. The number of aliphatic hydroxyl groups excluding tert-OH is 1. The maximum atomic E-state index is 13.7. The Bertz CT molecular complexity index is 1300. The predicted molar refractivity (Wildman–Crippen MR) is 141 cm³/mol. The third kappa shape index (κ3) is 6.17. The molecule has 1 aliphatic rings. The Morgan fingerprint density at radius 1 is 1.11 bits per heavy atom. The molecule has 2 N–H and O–H groups in total. The van der Waals surface area contributed by atoms with Crippen molar-refractivity contribution >= 4 is 35.2 Å². The molecule has 0 bridgehead atoms. The van der Waals surface area contributed by atoms with Crippen molar-refractivity contribution in [2.75, 3.05) is 6.54 Å². The highest BCUT2D eigenvalue weighted by molar-refractivity contribution is 8.01. The van der Waals surface area contributed by atoms with Gasteiger partial charge in [0.2, 0.25) is 11.8 Å². The van der Waals surface area contributed by atoms with Crippen molar-refractivity contribution in [1.29, 1.82) is 0 Å². The lowest BCUT2D eigenvalue weighted by Gasteiger charge is -2.37. The van der Waals surface area contributed by atoms with Crippen LogP contribution in [0.15, 0.2) is 77.7 Å². The van der Waals surface area contributed by atoms with Crippen LogP contribution in [-0.2, 0) is 22.7 Å². The average Bonchev–Trinajstić information content (AvgIpc) is 3.16. The standard InChI is InChI=1S/C28H26ClF3N2O3S/c1-18-6-12-22(13-7-18)38-27(26(37)33-17-28(30,31)32)14-24(36)34(15-21-4-2-3-5-23(21)29)25(27)20-10-8-19(16-35)9-11-20/h2-13,25,35H,14-17H2,1H3,(H,33,37)/t25-,27-/m1/s1. The number of nitrogens with zero attached hydrogens (tertiary/aromatic N) is 1. The minimum atomic E-state index is -4.62. The number of hydrogen-bond donors (Lipinski definition) is 2. The molecular weight excluding hydrogens is 537 g/mol. The van der Waals surface area contributed by atoms with E-state index in [9.17, 15) is 27.9 Å². The summed E-state index contributed by atoms with van der Waals surface area (Å²) < 4.78 is 37.8. The number of nitrogens with one attached hydrogen (secondary N) is 1. The van der Waals surface area contributed by atoms with Crippen LogP contribution in [0.25, 0.3) is 0 Å². The first-order valence-corrected chi connectivity index (χ1v) is 13.0. The van der Waals surface area contributed by atoms with E-state index >= 15 is 0 Å². The Morgan fingerprint density at radius 3 is 2.37 bits per heavy atom. The highest BCUT2D eigenvalue weighted by Crippen LogP contribution is 2.53. The van der Waals surface area contributed by atoms with Crippen molar-refractivity contribution in [2.24, 2.45) is 0 Å². The Labute approximate surface area is 228 Å². The first-order chi connectivity index (χ1) is 18.0. The van der Waals surface area contributed by atoms with Gasteiger partial charge in [0.15, 0.2) is 0 Å². The zero-order valence-electron chi connectivity index (χ0n) is 20.5. The number of aryl methyl sites for hydroxylation is 1. The maximum Gasteiger partial charge on any atom is 0.405 e. The highest BCUT2D eigenvalue weighted by atomic mass is 35.5. The number of likely N-dealkylation sites (tertiary alicyclic amines) is 1. The summed E-state index contributed by atoms with van der Waals surface area (Å²) in [6.45, 7) is 0.239. The van der Waals surface area contributed by atoms with E-state index in [2.05, 4.69) is 0 Å². The molecule has 5 nitrogen and oxygen atoms in total. The number of thioether (sulfide) groups is 1. The molecule has 38 heavy (non-hydrogen) atoms. The van der Waals surface area contributed by atoms with E-state index in [0.29, 0.717) is 26.6 Å². The van der Waals surface area contributed by atoms with Gasteiger partial charge < -0.3 is 15.3 Å². The third-order valence-corrected chi connectivity index (χ3v) is 8.21. The van der Waals surface area contributed by atoms with Crippen LogP contribution in [0.4, 0.5) is 13.2 Å². The molecule has 0 aliphatic carbocycles. The minimum absolute atomic E-state index is 0.0632. The zero-order chi connectivity index (χ0) is 27.5. The number of alkyl halides is 3. The quantitative estimate of drug-likeness (QED) is 0.363. The Kier molecular flexibility index (Phi) is 8.40. The van der Waals surface area contributed by atoms with Gasteiger partial charge in [0, 0.05) is 16.5 Å². The molecule has 0 radical (unpaired) electrons. The summed E-state index contributed by atoms with van der Waals surface area (Å²) in [5, 5.41) is 12.0. The van der Waals surface area contributed by atoms with Crippen molar-refractivity contribution in [1.82, 2.24) is 10.2 Å². The molecule has 0 aromatic heterocycles. The fraction of sp³-hybridized carbons (Fsp3) is 0.286. The van der Waals surface area contributed by atoms with Crippen LogP contribution in [0.3, 0.4) is 0 Å². The van der Waals surface area contributed by atoms with E-state index < -0.39 is 29.4 Å². The smallest absolute Gasteiger partial charge is 0.392 e. The second-order valence-electron chi connectivity index (χ2n) is 9.19. The van der Waals surface area contributed by atoms with Gasteiger partial charge in [-0.05, 0) is 41.8 Å². The average molecular weight is 563 g/mol. The van der Waals surface area contributed by atoms with E-state index in [0.717, 1.165) is 17.3 Å². The number of amides is 2. The van der Waals surface area contributed by atoms with Gasteiger partial charge in [0.25, 0.3) is 0 Å². The van der Waals surface area contributed by atoms with Crippen molar-refractivity contribution < 1.29 is 27.9 Å². The Balaban J connectivity index is 1.85. The summed E-state index contributed by atoms with van der Waals surface area (Å²) in [5.41, 5.74) is 2.80. The molecule has 3 aromatic rings. The van der Waals surface area contributed by atoms with Crippen LogP contribution in [0.2, 0.25) is 5.02 Å². The number of benzene rings is 3. The molecule has 0 spiro atoms. The normalized spacial score (nSPS) is 19.6.